The molecule has 0 aromatic carbocycles. The highest BCUT2D eigenvalue weighted by atomic mass is 32.2. The van der Waals surface area contributed by atoms with E-state index in [1.807, 2.05) is 13.8 Å². The van der Waals surface area contributed by atoms with Gasteiger partial charge in [-0.3, -0.25) is 0 Å². The van der Waals surface area contributed by atoms with Crippen LogP contribution in [-0.4, -0.2) is 24.7 Å². The zero-order valence-corrected chi connectivity index (χ0v) is 13.0. The maximum absolute atomic E-state index is 12.2. The van der Waals surface area contributed by atoms with E-state index in [4.69, 9.17) is 5.73 Å². The first kappa shape index (κ1) is 15.3. The van der Waals surface area contributed by atoms with Crippen LogP contribution in [0.5, 0.6) is 0 Å². The number of nitrogens with one attached hydrogen (secondary N) is 1. The highest BCUT2D eigenvalue weighted by Gasteiger charge is 2.25. The Morgan fingerprint density at radius 3 is 2.65 bits per heavy atom. The molecule has 0 spiro atoms. The van der Waals surface area contributed by atoms with Crippen molar-refractivity contribution in [2.45, 2.75) is 56.9 Å². The van der Waals surface area contributed by atoms with Gasteiger partial charge in [0, 0.05) is 6.54 Å². The van der Waals surface area contributed by atoms with Gasteiger partial charge in [-0.25, -0.2) is 17.8 Å². The first-order chi connectivity index (χ1) is 9.42. The third-order valence-corrected chi connectivity index (χ3v) is 5.13. The van der Waals surface area contributed by atoms with Crippen molar-refractivity contribution in [2.75, 3.05) is 12.3 Å². The maximum atomic E-state index is 12.2. The fourth-order valence-electron chi connectivity index (χ4n) is 2.53. The highest BCUT2D eigenvalue weighted by Crippen LogP contribution is 2.31. The third-order valence-electron chi connectivity index (χ3n) is 3.69. The van der Waals surface area contributed by atoms with Crippen LogP contribution in [0.25, 0.3) is 0 Å². The van der Waals surface area contributed by atoms with Crippen molar-refractivity contribution in [2.24, 2.45) is 5.92 Å². The molecule has 0 aliphatic heterocycles. The van der Waals surface area contributed by atoms with Gasteiger partial charge in [0.05, 0.1) is 12.2 Å². The molecule has 2 rings (SSSR count). The molecule has 3 N–H and O–H groups in total. The van der Waals surface area contributed by atoms with E-state index < -0.39 is 10.0 Å². The predicted octanol–water partition coefficient (Wildman–Crippen LogP) is 1.90. The van der Waals surface area contributed by atoms with Crippen molar-refractivity contribution in [3.8, 4) is 0 Å². The first-order valence-corrected chi connectivity index (χ1v) is 8.73. The minimum Gasteiger partial charge on any atom is -0.383 e. The maximum Gasteiger partial charge on any atom is 0.245 e. The van der Waals surface area contributed by atoms with Crippen LogP contribution in [0, 0.1) is 5.92 Å². The Morgan fingerprint density at radius 1 is 1.40 bits per heavy atom. The van der Waals surface area contributed by atoms with Gasteiger partial charge in [0.2, 0.25) is 10.0 Å². The van der Waals surface area contributed by atoms with E-state index in [1.165, 1.54) is 12.6 Å². The fraction of sp³-hybridized carbons (Fsp3) is 0.769. The van der Waals surface area contributed by atoms with Crippen molar-refractivity contribution in [3.63, 3.8) is 0 Å². The number of aromatic nitrogens is 2. The molecule has 0 unspecified atom stereocenters. The molecule has 1 saturated carbocycles. The zero-order valence-electron chi connectivity index (χ0n) is 12.2. The smallest absolute Gasteiger partial charge is 0.245 e. The SMILES string of the molecule is CC(C)CNS(=O)(=O)c1cnn(C2CCCCC2)c1N. The molecule has 1 fully saturated rings. The Balaban J connectivity index is 2.19. The summed E-state index contributed by atoms with van der Waals surface area (Å²) in [4.78, 5) is 0.101. The summed E-state index contributed by atoms with van der Waals surface area (Å²) in [5.41, 5.74) is 6.01. The molecule has 0 atom stereocenters. The van der Waals surface area contributed by atoms with Crippen molar-refractivity contribution in [1.82, 2.24) is 14.5 Å². The molecule has 0 amide bonds. The number of nitrogen functional groups attached to an aromatic ring is 1. The summed E-state index contributed by atoms with van der Waals surface area (Å²) in [6.45, 7) is 4.31. The molecule has 7 heteroatoms. The number of sulfonamides is 1. The lowest BCUT2D eigenvalue weighted by Crippen LogP contribution is -2.28. The zero-order chi connectivity index (χ0) is 14.8. The van der Waals surface area contributed by atoms with E-state index >= 15 is 0 Å². The molecule has 0 radical (unpaired) electrons. The number of anilines is 1. The average Bonchev–Trinajstić information content (AvgIpc) is 2.80. The summed E-state index contributed by atoms with van der Waals surface area (Å²) in [7, 11) is -3.56. The Kier molecular flexibility index (Phi) is 4.70. The third kappa shape index (κ3) is 3.32. The topological polar surface area (TPSA) is 90.0 Å². The van der Waals surface area contributed by atoms with E-state index in [-0.39, 0.29) is 22.7 Å². The monoisotopic (exact) mass is 300 g/mol. The number of nitrogens with two attached hydrogens (primary N) is 1. The van der Waals surface area contributed by atoms with E-state index in [0.29, 0.717) is 6.54 Å². The molecule has 0 saturated heterocycles. The number of hydrogen-bond donors (Lipinski definition) is 2. The summed E-state index contributed by atoms with van der Waals surface area (Å²) in [5, 5.41) is 4.21. The van der Waals surface area contributed by atoms with Crippen LogP contribution in [0.4, 0.5) is 5.82 Å². The Hall–Kier alpha value is -1.08. The van der Waals surface area contributed by atoms with Crippen LogP contribution in [0.1, 0.15) is 52.0 Å². The van der Waals surface area contributed by atoms with Gasteiger partial charge in [-0.2, -0.15) is 5.10 Å². The van der Waals surface area contributed by atoms with E-state index in [0.717, 1.165) is 25.7 Å². The van der Waals surface area contributed by atoms with Gasteiger partial charge in [-0.05, 0) is 18.8 Å². The number of hydrogen-bond acceptors (Lipinski definition) is 4. The van der Waals surface area contributed by atoms with E-state index in [9.17, 15) is 8.42 Å². The van der Waals surface area contributed by atoms with Gasteiger partial charge in [0.25, 0.3) is 0 Å². The molecular weight excluding hydrogens is 276 g/mol. The molecule has 1 aliphatic rings. The van der Waals surface area contributed by atoms with Crippen LogP contribution in [0.2, 0.25) is 0 Å². The average molecular weight is 300 g/mol. The second kappa shape index (κ2) is 6.13. The quantitative estimate of drug-likeness (QED) is 0.869. The van der Waals surface area contributed by atoms with Crippen LogP contribution < -0.4 is 10.5 Å². The molecule has 1 aliphatic carbocycles. The molecule has 114 valence electrons. The van der Waals surface area contributed by atoms with Gasteiger partial charge in [0.15, 0.2) is 0 Å². The largest absolute Gasteiger partial charge is 0.383 e. The highest BCUT2D eigenvalue weighted by molar-refractivity contribution is 7.89. The molecule has 1 heterocycles. The summed E-state index contributed by atoms with van der Waals surface area (Å²) < 4.78 is 28.7. The molecular formula is C13H24N4O2S. The van der Waals surface area contributed by atoms with Gasteiger partial charge in [0.1, 0.15) is 10.7 Å². The Labute approximate surface area is 120 Å². The lowest BCUT2D eigenvalue weighted by molar-refractivity contribution is 0.333. The second-order valence-electron chi connectivity index (χ2n) is 5.88. The number of rotatable bonds is 5. The van der Waals surface area contributed by atoms with Crippen molar-refractivity contribution in [3.05, 3.63) is 6.20 Å². The lowest BCUT2D eigenvalue weighted by Gasteiger charge is -2.23. The van der Waals surface area contributed by atoms with E-state index in [1.54, 1.807) is 4.68 Å². The molecule has 0 bridgehead atoms. The van der Waals surface area contributed by atoms with Crippen molar-refractivity contribution < 1.29 is 8.42 Å². The summed E-state index contributed by atoms with van der Waals surface area (Å²) in [6, 6.07) is 0.234. The summed E-state index contributed by atoms with van der Waals surface area (Å²) >= 11 is 0. The van der Waals surface area contributed by atoms with Crippen LogP contribution in [0.15, 0.2) is 11.1 Å². The van der Waals surface area contributed by atoms with Crippen LogP contribution in [-0.2, 0) is 10.0 Å². The molecule has 6 nitrogen and oxygen atoms in total. The van der Waals surface area contributed by atoms with Crippen LogP contribution in [0.3, 0.4) is 0 Å². The van der Waals surface area contributed by atoms with Gasteiger partial charge >= 0.3 is 0 Å². The standard InChI is InChI=1S/C13H24N4O2S/c1-10(2)8-16-20(18,19)12-9-15-17(13(12)14)11-6-4-3-5-7-11/h9-11,16H,3-8,14H2,1-2H3. The predicted molar refractivity (Wildman–Crippen MR) is 78.8 cm³/mol. The van der Waals surface area contributed by atoms with Crippen LogP contribution >= 0.6 is 0 Å². The van der Waals surface area contributed by atoms with Crippen molar-refractivity contribution >= 4 is 15.8 Å². The minimum atomic E-state index is -3.56. The van der Waals surface area contributed by atoms with E-state index in [2.05, 4.69) is 9.82 Å². The lowest BCUT2D eigenvalue weighted by atomic mass is 9.96. The van der Waals surface area contributed by atoms with Gasteiger partial charge in [-0.1, -0.05) is 33.1 Å². The fourth-order valence-corrected chi connectivity index (χ4v) is 3.80. The van der Waals surface area contributed by atoms with Gasteiger partial charge < -0.3 is 5.73 Å². The Bertz CT molecular complexity index is 545. The second-order valence-corrected chi connectivity index (χ2v) is 7.61. The molecule has 20 heavy (non-hydrogen) atoms. The van der Waals surface area contributed by atoms with Gasteiger partial charge in [-0.15, -0.1) is 0 Å². The summed E-state index contributed by atoms with van der Waals surface area (Å²) in [5.74, 6) is 0.507. The normalized spacial score (nSPS) is 17.8. The molecule has 1 aromatic heterocycles. The van der Waals surface area contributed by atoms with Crippen molar-refractivity contribution in [1.29, 1.82) is 0 Å². The molecule has 1 aromatic rings. The Morgan fingerprint density at radius 2 is 2.05 bits per heavy atom. The summed E-state index contributed by atoms with van der Waals surface area (Å²) in [6.07, 6.45) is 6.94. The minimum absolute atomic E-state index is 0.101. The number of nitrogens with zero attached hydrogens (tertiary/aromatic N) is 2. The first-order valence-electron chi connectivity index (χ1n) is 7.24.